The van der Waals surface area contributed by atoms with Crippen LogP contribution in [-0.2, 0) is 10.8 Å². The lowest BCUT2D eigenvalue weighted by Crippen LogP contribution is -2.16. The summed E-state index contributed by atoms with van der Waals surface area (Å²) in [5.74, 6) is 0. The maximum atomic E-state index is 7.09. The minimum atomic E-state index is -0.246. The maximum Gasteiger partial charge on any atom is 0.137 e. The number of hydrogen-bond acceptors (Lipinski definition) is 5. The second kappa shape index (κ2) is 21.1. The molecule has 0 unspecified atom stereocenters. The second-order valence-electron chi connectivity index (χ2n) is 29.9. The molecule has 105 heavy (non-hydrogen) atoms. The zero-order valence-electron chi connectivity index (χ0n) is 58.0. The van der Waals surface area contributed by atoms with Crippen LogP contribution >= 0.6 is 0 Å². The normalized spacial score (nSPS) is 13.7. The molecule has 0 amide bonds. The predicted molar refractivity (Wildman–Crippen MR) is 436 cm³/mol. The first-order valence-corrected chi connectivity index (χ1v) is 36.3. The molecule has 2 aliphatic rings. The highest BCUT2D eigenvalue weighted by Gasteiger charge is 2.39. The third-order valence-corrected chi connectivity index (χ3v) is 23.6. The number of para-hydroxylation sites is 4. The highest BCUT2D eigenvalue weighted by Crippen LogP contribution is 2.56. The fourth-order valence-corrected chi connectivity index (χ4v) is 18.7. The highest BCUT2D eigenvalue weighted by molar-refractivity contribution is 6.20. The van der Waals surface area contributed by atoms with E-state index in [0.717, 1.165) is 111 Å². The van der Waals surface area contributed by atoms with E-state index in [4.69, 9.17) is 13.3 Å². The molecular formula is C98H64N4O3. The van der Waals surface area contributed by atoms with Gasteiger partial charge in [0.05, 0.1) is 22.1 Å². The third-order valence-electron chi connectivity index (χ3n) is 23.6. The van der Waals surface area contributed by atoms with Crippen molar-refractivity contribution in [2.45, 2.75) is 38.5 Å². The number of anilines is 6. The molecule has 0 spiro atoms. The van der Waals surface area contributed by atoms with E-state index in [1.807, 2.05) is 0 Å². The van der Waals surface area contributed by atoms with E-state index in [2.05, 4.69) is 362 Å². The van der Waals surface area contributed by atoms with Crippen LogP contribution in [0.4, 0.5) is 34.1 Å². The molecule has 0 fully saturated rings. The summed E-state index contributed by atoms with van der Waals surface area (Å²) < 4.78 is 25.9. The van der Waals surface area contributed by atoms with Crippen molar-refractivity contribution >= 4 is 165 Å². The monoisotopic (exact) mass is 1340 g/mol. The summed E-state index contributed by atoms with van der Waals surface area (Å²) in [6.07, 6.45) is 0. The van der Waals surface area contributed by atoms with Crippen molar-refractivity contribution in [2.75, 3.05) is 9.80 Å². The summed E-state index contributed by atoms with van der Waals surface area (Å²) in [5.41, 5.74) is 27.7. The van der Waals surface area contributed by atoms with E-state index in [-0.39, 0.29) is 10.8 Å². The second-order valence-corrected chi connectivity index (χ2v) is 29.9. The van der Waals surface area contributed by atoms with Crippen molar-refractivity contribution < 1.29 is 13.3 Å². The van der Waals surface area contributed by atoms with Crippen molar-refractivity contribution in [1.29, 1.82) is 0 Å². The Morgan fingerprint density at radius 1 is 0.229 bits per heavy atom. The van der Waals surface area contributed by atoms with E-state index in [1.54, 1.807) is 0 Å². The van der Waals surface area contributed by atoms with Gasteiger partial charge < -0.3 is 32.2 Å². The number of aromatic nitrogens is 2. The van der Waals surface area contributed by atoms with E-state index in [1.165, 1.54) is 110 Å². The number of rotatable bonds is 8. The van der Waals surface area contributed by atoms with Crippen LogP contribution < -0.4 is 9.80 Å². The topological polar surface area (TPSA) is 55.8 Å². The predicted octanol–water partition coefficient (Wildman–Crippen LogP) is 27.4. The van der Waals surface area contributed by atoms with Crippen LogP contribution in [0.5, 0.6) is 0 Å². The van der Waals surface area contributed by atoms with E-state index in [0.29, 0.717) is 0 Å². The van der Waals surface area contributed by atoms with Crippen LogP contribution in [0.3, 0.4) is 0 Å². The molecule has 5 aromatic heterocycles. The van der Waals surface area contributed by atoms with E-state index >= 15 is 0 Å². The summed E-state index contributed by atoms with van der Waals surface area (Å²) >= 11 is 0. The van der Waals surface area contributed by atoms with Gasteiger partial charge in [-0.15, -0.1) is 0 Å². The minimum absolute atomic E-state index is 0.246. The van der Waals surface area contributed by atoms with Crippen LogP contribution in [-0.4, -0.2) is 9.13 Å². The molecule has 0 saturated carbocycles. The zero-order valence-corrected chi connectivity index (χ0v) is 58.0. The molecule has 494 valence electrons. The Bertz CT molecular complexity index is 6850. The first-order valence-electron chi connectivity index (χ1n) is 36.3. The molecule has 7 nitrogen and oxygen atoms in total. The Balaban J connectivity index is 0.649. The number of nitrogens with zero attached hydrogens (tertiary/aromatic N) is 4. The third kappa shape index (κ3) is 8.20. The molecule has 23 rings (SSSR count). The van der Waals surface area contributed by atoms with Gasteiger partial charge in [0.1, 0.15) is 33.5 Å². The van der Waals surface area contributed by atoms with Gasteiger partial charge in [-0.1, -0.05) is 198 Å². The molecule has 0 aliphatic heterocycles. The van der Waals surface area contributed by atoms with Crippen LogP contribution in [0.15, 0.2) is 329 Å². The Morgan fingerprint density at radius 2 is 0.543 bits per heavy atom. The Labute approximate surface area is 603 Å². The molecule has 5 heterocycles. The first-order chi connectivity index (χ1) is 51.5. The highest BCUT2D eigenvalue weighted by atomic mass is 16.3. The SMILES string of the molecule is CC1(C)c2cc(N(c3cccc(-n4c5ccccc5c5ccccc54)c3)c3ccc4c(c3)oc3cc5c(cc34)oc3cc4c(cc35)oc3cc(N(c5cccc(-n6c7ccccc7c7ccccc76)c5)c5ccc6c(c5)C(C)(C)c5ccc7ccccc7c5-6)ccc34)ccc2-c2c1ccc1ccccc21. The standard InChI is InChI=1S/C98H64N4O3/c1-97(2)81-45-35-57-19-5-7-25-67(57)95(81)75-43-39-63(49-83(75)97)99(59-21-17-23-61(47-59)101-85-31-13-9-27-69(85)70-28-10-14-32-86(70)101)65-37-41-73-77-53-93-79(55-91(77)103-89(73)51-65)80-56-92-78(54-94(80)105-93)74-42-38-66(52-90(74)104-92)100(60-22-18-24-62(48-60)102-87-33-15-11-29-71(87)72-30-12-16-34-88(72)102)64-40-44-76-84(50-64)98(3,4)82-46-36-58-20-6-8-26-68(58)96(76)82/h5-56H,1-4H3. The lowest BCUT2D eigenvalue weighted by atomic mass is 9.82. The van der Waals surface area contributed by atoms with Crippen LogP contribution in [0, 0.1) is 0 Å². The summed E-state index contributed by atoms with van der Waals surface area (Å²) in [7, 11) is 0. The smallest absolute Gasteiger partial charge is 0.137 e. The van der Waals surface area contributed by atoms with Gasteiger partial charge in [-0.05, 0) is 200 Å². The largest absolute Gasteiger partial charge is 0.456 e. The average Bonchev–Trinajstić information content (AvgIpc) is 1.52. The lowest BCUT2D eigenvalue weighted by molar-refractivity contribution is 0.660. The van der Waals surface area contributed by atoms with Gasteiger partial charge in [0.2, 0.25) is 0 Å². The van der Waals surface area contributed by atoms with E-state index < -0.39 is 0 Å². The fraction of sp³-hybridized carbons (Fsp3) is 0.0612. The summed E-state index contributed by atoms with van der Waals surface area (Å²) in [5, 5.41) is 15.9. The van der Waals surface area contributed by atoms with Crippen LogP contribution in [0.25, 0.3) is 165 Å². The van der Waals surface area contributed by atoms with Gasteiger partial charge in [-0.3, -0.25) is 0 Å². The number of benzene rings is 16. The number of furan rings is 3. The molecule has 0 saturated heterocycles. The van der Waals surface area contributed by atoms with Gasteiger partial charge in [0, 0.05) is 122 Å². The van der Waals surface area contributed by atoms with Gasteiger partial charge in [-0.2, -0.15) is 0 Å². The van der Waals surface area contributed by atoms with Crippen LogP contribution in [0.1, 0.15) is 49.9 Å². The Hall–Kier alpha value is -13.4. The van der Waals surface area contributed by atoms with Crippen LogP contribution in [0.2, 0.25) is 0 Å². The maximum absolute atomic E-state index is 7.09. The van der Waals surface area contributed by atoms with Gasteiger partial charge in [0.25, 0.3) is 0 Å². The molecular weight excluding hydrogens is 1280 g/mol. The Morgan fingerprint density at radius 3 is 0.933 bits per heavy atom. The summed E-state index contributed by atoms with van der Waals surface area (Å²) in [6, 6.07) is 116. The summed E-state index contributed by atoms with van der Waals surface area (Å²) in [4.78, 5) is 4.80. The quantitative estimate of drug-likeness (QED) is 0.152. The Kier molecular flexibility index (Phi) is 11.7. The molecule has 7 heteroatoms. The van der Waals surface area contributed by atoms with E-state index in [9.17, 15) is 0 Å². The fourth-order valence-electron chi connectivity index (χ4n) is 18.7. The number of hydrogen-bond donors (Lipinski definition) is 0. The zero-order chi connectivity index (χ0) is 69.3. The van der Waals surface area contributed by atoms with Gasteiger partial charge >= 0.3 is 0 Å². The molecule has 0 radical (unpaired) electrons. The molecule has 16 aromatic carbocycles. The van der Waals surface area contributed by atoms with Crippen molar-refractivity contribution in [3.63, 3.8) is 0 Å². The van der Waals surface area contributed by atoms with Crippen molar-refractivity contribution in [3.05, 3.63) is 338 Å². The molecule has 21 aromatic rings. The molecule has 2 aliphatic carbocycles. The van der Waals surface area contributed by atoms with Crippen molar-refractivity contribution in [3.8, 4) is 33.6 Å². The summed E-state index contributed by atoms with van der Waals surface area (Å²) in [6.45, 7) is 9.49. The molecule has 0 N–H and O–H groups in total. The first kappa shape index (κ1) is 58.3. The lowest BCUT2D eigenvalue weighted by Gasteiger charge is -2.28. The van der Waals surface area contributed by atoms with Gasteiger partial charge in [0.15, 0.2) is 0 Å². The van der Waals surface area contributed by atoms with Crippen molar-refractivity contribution in [1.82, 2.24) is 9.13 Å². The minimum Gasteiger partial charge on any atom is -0.456 e. The van der Waals surface area contributed by atoms with Gasteiger partial charge in [-0.25, -0.2) is 0 Å². The number of fused-ring (bicyclic) bond motifs is 25. The average molecular weight is 1350 g/mol. The molecule has 0 atom stereocenters. The molecule has 0 bridgehead atoms. The van der Waals surface area contributed by atoms with Crippen molar-refractivity contribution in [2.24, 2.45) is 0 Å².